The van der Waals surface area contributed by atoms with Crippen LogP contribution in [0.4, 0.5) is 0 Å². The third-order valence-corrected chi connectivity index (χ3v) is 3.77. The summed E-state index contributed by atoms with van der Waals surface area (Å²) >= 11 is 0. The third-order valence-electron chi connectivity index (χ3n) is 3.77. The number of para-hydroxylation sites is 1. The molecule has 0 aliphatic rings. The van der Waals surface area contributed by atoms with Crippen LogP contribution in [0, 0.1) is 0 Å². The fraction of sp³-hybridized carbons (Fsp3) is 0.412. The maximum atomic E-state index is 12.1. The Morgan fingerprint density at radius 3 is 2.73 bits per heavy atom. The molecule has 2 rings (SSSR count). The minimum absolute atomic E-state index is 0.0858. The molecular formula is C17H22N2O3. The number of aryl methyl sites for hydroxylation is 1. The second-order valence-electron chi connectivity index (χ2n) is 5.31. The molecule has 1 amide bonds. The number of fused-ring (bicyclic) bond motifs is 1. The molecule has 0 radical (unpaired) electrons. The SMILES string of the molecule is COC(=O)CCCN(C)C(=O)CCn1ccc2ccccc21. The Morgan fingerprint density at radius 2 is 1.95 bits per heavy atom. The number of benzene rings is 1. The van der Waals surface area contributed by atoms with E-state index >= 15 is 0 Å². The summed E-state index contributed by atoms with van der Waals surface area (Å²) in [6.07, 6.45) is 3.43. The number of hydrogen-bond donors (Lipinski definition) is 0. The topological polar surface area (TPSA) is 51.5 Å². The van der Waals surface area contributed by atoms with Crippen LogP contribution in [-0.4, -0.2) is 42.0 Å². The highest BCUT2D eigenvalue weighted by Crippen LogP contribution is 2.15. The Labute approximate surface area is 130 Å². The molecule has 1 aromatic heterocycles. The average Bonchev–Trinajstić information content (AvgIpc) is 2.95. The summed E-state index contributed by atoms with van der Waals surface area (Å²) in [6, 6.07) is 10.2. The molecule has 1 heterocycles. The van der Waals surface area contributed by atoms with E-state index in [9.17, 15) is 9.59 Å². The van der Waals surface area contributed by atoms with Crippen LogP contribution < -0.4 is 0 Å². The van der Waals surface area contributed by atoms with E-state index in [1.54, 1.807) is 11.9 Å². The highest BCUT2D eigenvalue weighted by Gasteiger charge is 2.10. The first kappa shape index (κ1) is 16.1. The zero-order valence-corrected chi connectivity index (χ0v) is 13.1. The lowest BCUT2D eigenvalue weighted by Crippen LogP contribution is -2.28. The molecule has 0 aliphatic carbocycles. The van der Waals surface area contributed by atoms with Gasteiger partial charge in [0, 0.05) is 44.7 Å². The van der Waals surface area contributed by atoms with Gasteiger partial charge < -0.3 is 14.2 Å². The van der Waals surface area contributed by atoms with Crippen molar-refractivity contribution in [3.63, 3.8) is 0 Å². The Kier molecular flexibility index (Phi) is 5.58. The lowest BCUT2D eigenvalue weighted by atomic mass is 10.2. The predicted octanol–water partition coefficient (Wildman–Crippen LogP) is 2.44. The maximum Gasteiger partial charge on any atom is 0.305 e. The first-order chi connectivity index (χ1) is 10.6. The van der Waals surface area contributed by atoms with Gasteiger partial charge in [0.1, 0.15) is 0 Å². The first-order valence-electron chi connectivity index (χ1n) is 7.46. The van der Waals surface area contributed by atoms with Crippen molar-refractivity contribution in [2.75, 3.05) is 20.7 Å². The number of esters is 1. The summed E-state index contributed by atoms with van der Waals surface area (Å²) in [5.41, 5.74) is 1.14. The molecule has 0 saturated carbocycles. The molecule has 22 heavy (non-hydrogen) atoms. The molecule has 2 aromatic rings. The number of methoxy groups -OCH3 is 1. The summed E-state index contributed by atoms with van der Waals surface area (Å²) in [7, 11) is 3.14. The maximum absolute atomic E-state index is 12.1. The van der Waals surface area contributed by atoms with Crippen molar-refractivity contribution < 1.29 is 14.3 Å². The molecule has 0 unspecified atom stereocenters. The van der Waals surface area contributed by atoms with Crippen LogP contribution in [0.2, 0.25) is 0 Å². The van der Waals surface area contributed by atoms with Crippen LogP contribution in [0.3, 0.4) is 0 Å². The second kappa shape index (κ2) is 7.64. The van der Waals surface area contributed by atoms with E-state index in [4.69, 9.17) is 0 Å². The number of carbonyl (C=O) groups excluding carboxylic acids is 2. The standard InChI is InChI=1S/C17H22N2O3/c1-18(11-5-8-17(21)22-2)16(20)10-13-19-12-9-14-6-3-4-7-15(14)19/h3-4,6-7,9,12H,5,8,10-11,13H2,1-2H3. The molecule has 5 nitrogen and oxygen atoms in total. The van der Waals surface area contributed by atoms with E-state index in [2.05, 4.69) is 27.5 Å². The first-order valence-corrected chi connectivity index (χ1v) is 7.46. The van der Waals surface area contributed by atoms with Crippen molar-refractivity contribution in [1.29, 1.82) is 0 Å². The van der Waals surface area contributed by atoms with Gasteiger partial charge in [0.25, 0.3) is 0 Å². The number of amides is 1. The van der Waals surface area contributed by atoms with Gasteiger partial charge in [-0.15, -0.1) is 0 Å². The summed E-state index contributed by atoms with van der Waals surface area (Å²) in [4.78, 5) is 24.8. The van der Waals surface area contributed by atoms with Crippen LogP contribution in [0.1, 0.15) is 19.3 Å². The van der Waals surface area contributed by atoms with Crippen molar-refractivity contribution in [1.82, 2.24) is 9.47 Å². The smallest absolute Gasteiger partial charge is 0.305 e. The zero-order chi connectivity index (χ0) is 15.9. The van der Waals surface area contributed by atoms with Gasteiger partial charge in [-0.25, -0.2) is 0 Å². The highest BCUT2D eigenvalue weighted by atomic mass is 16.5. The molecule has 0 spiro atoms. The van der Waals surface area contributed by atoms with E-state index in [1.807, 2.05) is 18.3 Å². The van der Waals surface area contributed by atoms with Crippen LogP contribution in [0.15, 0.2) is 36.5 Å². The van der Waals surface area contributed by atoms with E-state index in [0.29, 0.717) is 32.4 Å². The van der Waals surface area contributed by atoms with Gasteiger partial charge in [0.15, 0.2) is 0 Å². The highest BCUT2D eigenvalue weighted by molar-refractivity contribution is 5.80. The largest absolute Gasteiger partial charge is 0.469 e. The van der Waals surface area contributed by atoms with Crippen molar-refractivity contribution in [2.45, 2.75) is 25.8 Å². The molecule has 0 aliphatic heterocycles. The molecule has 1 aromatic carbocycles. The van der Waals surface area contributed by atoms with E-state index in [-0.39, 0.29) is 11.9 Å². The average molecular weight is 302 g/mol. The molecule has 0 atom stereocenters. The number of carbonyl (C=O) groups is 2. The van der Waals surface area contributed by atoms with Crippen LogP contribution in [0.25, 0.3) is 10.9 Å². The van der Waals surface area contributed by atoms with Crippen LogP contribution in [0.5, 0.6) is 0 Å². The monoisotopic (exact) mass is 302 g/mol. The summed E-state index contributed by atoms with van der Waals surface area (Å²) in [6.45, 7) is 1.23. The lowest BCUT2D eigenvalue weighted by molar-refractivity contribution is -0.141. The van der Waals surface area contributed by atoms with Crippen molar-refractivity contribution in [3.8, 4) is 0 Å². The fourth-order valence-corrected chi connectivity index (χ4v) is 2.43. The minimum Gasteiger partial charge on any atom is -0.469 e. The second-order valence-corrected chi connectivity index (χ2v) is 5.31. The number of ether oxygens (including phenoxy) is 1. The van der Waals surface area contributed by atoms with Crippen molar-refractivity contribution in [2.24, 2.45) is 0 Å². The zero-order valence-electron chi connectivity index (χ0n) is 13.1. The number of nitrogens with zero attached hydrogens (tertiary/aromatic N) is 2. The summed E-state index contributed by atoms with van der Waals surface area (Å²) in [5, 5.41) is 1.18. The molecular weight excluding hydrogens is 280 g/mol. The molecule has 5 heteroatoms. The van der Waals surface area contributed by atoms with Gasteiger partial charge in [-0.2, -0.15) is 0 Å². The van der Waals surface area contributed by atoms with Gasteiger partial charge in [-0.3, -0.25) is 9.59 Å². The van der Waals surface area contributed by atoms with Gasteiger partial charge in [-0.1, -0.05) is 18.2 Å². The Bertz CT molecular complexity index is 648. The lowest BCUT2D eigenvalue weighted by Gasteiger charge is -2.17. The van der Waals surface area contributed by atoms with Crippen molar-refractivity contribution in [3.05, 3.63) is 36.5 Å². The molecule has 0 fully saturated rings. The van der Waals surface area contributed by atoms with E-state index < -0.39 is 0 Å². The number of rotatable bonds is 7. The number of hydrogen-bond acceptors (Lipinski definition) is 3. The molecule has 0 bridgehead atoms. The van der Waals surface area contributed by atoms with Gasteiger partial charge in [0.2, 0.25) is 5.91 Å². The van der Waals surface area contributed by atoms with Crippen LogP contribution in [-0.2, 0) is 20.9 Å². The fourth-order valence-electron chi connectivity index (χ4n) is 2.43. The normalized spacial score (nSPS) is 10.6. The van der Waals surface area contributed by atoms with Crippen molar-refractivity contribution >= 4 is 22.8 Å². The van der Waals surface area contributed by atoms with E-state index in [0.717, 1.165) is 5.52 Å². The van der Waals surface area contributed by atoms with Gasteiger partial charge in [-0.05, 0) is 23.9 Å². The van der Waals surface area contributed by atoms with Crippen LogP contribution >= 0.6 is 0 Å². The molecule has 0 N–H and O–H groups in total. The van der Waals surface area contributed by atoms with E-state index in [1.165, 1.54) is 12.5 Å². The summed E-state index contributed by atoms with van der Waals surface area (Å²) < 4.78 is 6.68. The molecule has 0 saturated heterocycles. The predicted molar refractivity (Wildman–Crippen MR) is 85.4 cm³/mol. The number of aromatic nitrogens is 1. The van der Waals surface area contributed by atoms with Gasteiger partial charge in [0.05, 0.1) is 7.11 Å². The molecule has 118 valence electrons. The summed E-state index contributed by atoms with van der Waals surface area (Å²) in [5.74, 6) is -0.151. The third kappa shape index (κ3) is 4.10. The quantitative estimate of drug-likeness (QED) is 0.738. The minimum atomic E-state index is -0.236. The Morgan fingerprint density at radius 1 is 1.18 bits per heavy atom. The van der Waals surface area contributed by atoms with Gasteiger partial charge >= 0.3 is 5.97 Å². The Balaban J connectivity index is 1.80. The Hall–Kier alpha value is -2.30.